The monoisotopic (exact) mass is 346 g/mol. The number of likely N-dealkylation sites (N-methyl/N-ethyl adjacent to an activating group) is 1. The van der Waals surface area contributed by atoms with Gasteiger partial charge in [-0.1, -0.05) is 12.1 Å². The second-order valence-corrected chi connectivity index (χ2v) is 5.25. The lowest BCUT2D eigenvalue weighted by Crippen LogP contribution is -2.39. The van der Waals surface area contributed by atoms with Crippen molar-refractivity contribution >= 4 is 17.5 Å². The SMILES string of the molecule is CCN(CC(=O)Nc1ccccc1C(F)(F)F)C(=O)C[C@H](C)OC. The van der Waals surface area contributed by atoms with E-state index in [0.717, 1.165) is 6.07 Å². The second-order valence-electron chi connectivity index (χ2n) is 5.25. The molecule has 1 aromatic carbocycles. The first-order chi connectivity index (χ1) is 11.2. The van der Waals surface area contributed by atoms with Gasteiger partial charge in [-0.2, -0.15) is 13.2 Å². The van der Waals surface area contributed by atoms with Crippen LogP contribution >= 0.6 is 0 Å². The van der Waals surface area contributed by atoms with Crippen LogP contribution in [0.5, 0.6) is 0 Å². The summed E-state index contributed by atoms with van der Waals surface area (Å²) in [6.45, 7) is 3.35. The smallest absolute Gasteiger partial charge is 0.381 e. The Bertz CT molecular complexity index is 576. The minimum Gasteiger partial charge on any atom is -0.381 e. The molecule has 1 rings (SSSR count). The van der Waals surface area contributed by atoms with Gasteiger partial charge >= 0.3 is 6.18 Å². The molecule has 0 unspecified atom stereocenters. The third-order valence-corrected chi connectivity index (χ3v) is 3.44. The highest BCUT2D eigenvalue weighted by molar-refractivity contribution is 5.95. The average Bonchev–Trinajstić information content (AvgIpc) is 2.51. The second kappa shape index (κ2) is 8.68. The van der Waals surface area contributed by atoms with Crippen molar-refractivity contribution in [3.8, 4) is 0 Å². The zero-order valence-electron chi connectivity index (χ0n) is 13.8. The van der Waals surface area contributed by atoms with E-state index in [1.165, 1.54) is 30.2 Å². The van der Waals surface area contributed by atoms with Crippen molar-refractivity contribution in [2.24, 2.45) is 0 Å². The van der Waals surface area contributed by atoms with E-state index in [1.807, 2.05) is 0 Å². The van der Waals surface area contributed by atoms with Crippen molar-refractivity contribution in [3.63, 3.8) is 0 Å². The maximum absolute atomic E-state index is 12.9. The largest absolute Gasteiger partial charge is 0.418 e. The van der Waals surface area contributed by atoms with E-state index in [1.54, 1.807) is 13.8 Å². The Morgan fingerprint density at radius 2 is 1.92 bits per heavy atom. The Balaban J connectivity index is 2.77. The number of hydrogen-bond acceptors (Lipinski definition) is 3. The zero-order valence-corrected chi connectivity index (χ0v) is 13.8. The number of methoxy groups -OCH3 is 1. The van der Waals surface area contributed by atoms with Crippen LogP contribution in [0.2, 0.25) is 0 Å². The number of para-hydroxylation sites is 1. The fourth-order valence-electron chi connectivity index (χ4n) is 2.04. The van der Waals surface area contributed by atoms with E-state index in [9.17, 15) is 22.8 Å². The van der Waals surface area contributed by atoms with E-state index >= 15 is 0 Å². The molecule has 0 heterocycles. The van der Waals surface area contributed by atoms with Gasteiger partial charge in [0.05, 0.1) is 30.3 Å². The van der Waals surface area contributed by atoms with Crippen LogP contribution in [0.1, 0.15) is 25.8 Å². The Labute approximate surface area is 138 Å². The molecule has 8 heteroatoms. The molecule has 2 amide bonds. The number of rotatable bonds is 7. The number of ether oxygens (including phenoxy) is 1. The first kappa shape index (κ1) is 20.0. The van der Waals surface area contributed by atoms with Crippen LogP contribution in [0.25, 0.3) is 0 Å². The van der Waals surface area contributed by atoms with Crippen LogP contribution < -0.4 is 5.32 Å². The molecule has 0 spiro atoms. The number of anilines is 1. The predicted octanol–water partition coefficient (Wildman–Crippen LogP) is 2.92. The highest BCUT2D eigenvalue weighted by atomic mass is 19.4. The number of benzene rings is 1. The highest BCUT2D eigenvalue weighted by Crippen LogP contribution is 2.34. The van der Waals surface area contributed by atoms with Crippen molar-refractivity contribution < 1.29 is 27.5 Å². The topological polar surface area (TPSA) is 58.6 Å². The molecule has 0 aliphatic carbocycles. The third kappa shape index (κ3) is 5.84. The Morgan fingerprint density at radius 1 is 1.29 bits per heavy atom. The first-order valence-corrected chi connectivity index (χ1v) is 7.45. The van der Waals surface area contributed by atoms with Gasteiger partial charge in [-0.15, -0.1) is 0 Å². The van der Waals surface area contributed by atoms with Crippen LogP contribution in [0.15, 0.2) is 24.3 Å². The van der Waals surface area contributed by atoms with Gasteiger partial charge < -0.3 is 15.0 Å². The number of alkyl halides is 3. The van der Waals surface area contributed by atoms with Gasteiger partial charge in [0.25, 0.3) is 0 Å². The minimum atomic E-state index is -4.57. The van der Waals surface area contributed by atoms with Gasteiger partial charge in [0, 0.05) is 13.7 Å². The lowest BCUT2D eigenvalue weighted by molar-refractivity contribution is -0.138. The number of hydrogen-bond donors (Lipinski definition) is 1. The van der Waals surface area contributed by atoms with E-state index in [-0.39, 0.29) is 37.2 Å². The lowest BCUT2D eigenvalue weighted by Gasteiger charge is -2.22. The molecule has 0 aliphatic rings. The maximum atomic E-state index is 12.9. The summed E-state index contributed by atoms with van der Waals surface area (Å²) in [4.78, 5) is 25.3. The van der Waals surface area contributed by atoms with Crippen molar-refractivity contribution in [2.45, 2.75) is 32.5 Å². The molecule has 0 bridgehead atoms. The average molecular weight is 346 g/mol. The fourth-order valence-corrected chi connectivity index (χ4v) is 2.04. The summed E-state index contributed by atoms with van der Waals surface area (Å²) < 4.78 is 43.7. The van der Waals surface area contributed by atoms with Gasteiger partial charge in [-0.25, -0.2) is 0 Å². The summed E-state index contributed by atoms with van der Waals surface area (Å²) in [6.07, 6.45) is -4.78. The van der Waals surface area contributed by atoms with Crippen LogP contribution in [0.4, 0.5) is 18.9 Å². The van der Waals surface area contributed by atoms with E-state index in [4.69, 9.17) is 4.74 Å². The van der Waals surface area contributed by atoms with E-state index < -0.39 is 17.6 Å². The number of nitrogens with zero attached hydrogens (tertiary/aromatic N) is 1. The van der Waals surface area contributed by atoms with Crippen LogP contribution in [0.3, 0.4) is 0 Å². The van der Waals surface area contributed by atoms with Crippen molar-refractivity contribution in [1.29, 1.82) is 0 Å². The number of carbonyl (C=O) groups excluding carboxylic acids is 2. The van der Waals surface area contributed by atoms with Gasteiger partial charge in [0.1, 0.15) is 0 Å². The van der Waals surface area contributed by atoms with E-state index in [2.05, 4.69) is 5.32 Å². The molecule has 134 valence electrons. The van der Waals surface area contributed by atoms with Gasteiger partial charge in [-0.3, -0.25) is 9.59 Å². The molecule has 0 radical (unpaired) electrons. The molecule has 5 nitrogen and oxygen atoms in total. The van der Waals surface area contributed by atoms with Gasteiger partial charge in [0.15, 0.2) is 0 Å². The maximum Gasteiger partial charge on any atom is 0.418 e. The van der Waals surface area contributed by atoms with E-state index in [0.29, 0.717) is 0 Å². The van der Waals surface area contributed by atoms with Gasteiger partial charge in [-0.05, 0) is 26.0 Å². The molecular formula is C16H21F3N2O3. The summed E-state index contributed by atoms with van der Waals surface area (Å²) in [5.74, 6) is -0.988. The Hall–Kier alpha value is -2.09. The van der Waals surface area contributed by atoms with Crippen LogP contribution in [-0.2, 0) is 20.5 Å². The summed E-state index contributed by atoms with van der Waals surface area (Å²) in [5, 5.41) is 2.22. The molecule has 1 aromatic rings. The summed E-state index contributed by atoms with van der Waals surface area (Å²) in [6, 6.07) is 4.70. The first-order valence-electron chi connectivity index (χ1n) is 7.45. The molecule has 1 N–H and O–H groups in total. The number of halogens is 3. The van der Waals surface area contributed by atoms with Crippen molar-refractivity contribution in [1.82, 2.24) is 4.90 Å². The number of amides is 2. The quantitative estimate of drug-likeness (QED) is 0.826. The highest BCUT2D eigenvalue weighted by Gasteiger charge is 2.33. The molecule has 0 aromatic heterocycles. The van der Waals surface area contributed by atoms with Crippen molar-refractivity contribution in [2.75, 3.05) is 25.5 Å². The molecule has 24 heavy (non-hydrogen) atoms. The third-order valence-electron chi connectivity index (χ3n) is 3.44. The molecule has 0 fully saturated rings. The fraction of sp³-hybridized carbons (Fsp3) is 0.500. The van der Waals surface area contributed by atoms with Gasteiger partial charge in [0.2, 0.25) is 11.8 Å². The molecule has 0 saturated heterocycles. The Morgan fingerprint density at radius 3 is 2.46 bits per heavy atom. The number of carbonyl (C=O) groups is 2. The normalized spacial score (nSPS) is 12.6. The molecular weight excluding hydrogens is 325 g/mol. The lowest BCUT2D eigenvalue weighted by atomic mass is 10.1. The minimum absolute atomic E-state index is 0.0940. The number of nitrogens with one attached hydrogen (secondary N) is 1. The molecule has 0 saturated carbocycles. The van der Waals surface area contributed by atoms with Crippen LogP contribution in [-0.4, -0.2) is 43.0 Å². The summed E-state index contributed by atoms with van der Waals surface area (Å²) >= 11 is 0. The predicted molar refractivity (Wildman–Crippen MR) is 83.4 cm³/mol. The standard InChI is InChI=1S/C16H21F3N2O3/c1-4-21(15(23)9-11(2)24-3)10-14(22)20-13-8-6-5-7-12(13)16(17,18)19/h5-8,11H,4,9-10H2,1-3H3,(H,20,22)/t11-/m0/s1. The molecule has 1 atom stereocenters. The summed E-state index contributed by atoms with van der Waals surface area (Å²) in [7, 11) is 1.47. The van der Waals surface area contributed by atoms with Crippen LogP contribution in [0, 0.1) is 0 Å². The van der Waals surface area contributed by atoms with Crippen molar-refractivity contribution in [3.05, 3.63) is 29.8 Å². The Kier molecular flexibility index (Phi) is 7.21. The zero-order chi connectivity index (χ0) is 18.3. The molecule has 0 aliphatic heterocycles. The summed E-state index contributed by atoms with van der Waals surface area (Å²) in [5.41, 5.74) is -1.26.